The molecule has 0 saturated carbocycles. The molecular weight excluding hydrogens is 277 g/mol. The maximum atomic E-state index is 12.0. The molecule has 0 aliphatic carbocycles. The van der Waals surface area contributed by atoms with Gasteiger partial charge in [-0.3, -0.25) is 4.79 Å². The van der Waals surface area contributed by atoms with Crippen LogP contribution < -0.4 is 10.1 Å². The van der Waals surface area contributed by atoms with E-state index in [1.54, 1.807) is 19.1 Å². The highest BCUT2D eigenvalue weighted by molar-refractivity contribution is 6.22. The first kappa shape index (κ1) is 14.9. The molecule has 1 aromatic carbocycles. The van der Waals surface area contributed by atoms with Crippen molar-refractivity contribution in [3.63, 3.8) is 0 Å². The average molecular weight is 292 g/mol. The molecule has 0 bridgehead atoms. The summed E-state index contributed by atoms with van der Waals surface area (Å²) in [4.78, 5) is 12.0. The Kier molecular flexibility index (Phi) is 5.11. The Labute approximate surface area is 116 Å². The molecule has 6 heteroatoms. The van der Waals surface area contributed by atoms with Gasteiger partial charge < -0.3 is 15.2 Å². The molecule has 4 nitrogen and oxygen atoms in total. The van der Waals surface area contributed by atoms with Gasteiger partial charge in [-0.25, -0.2) is 0 Å². The number of methoxy groups -OCH3 is 1. The predicted octanol–water partition coefficient (Wildman–Crippen LogP) is 2.37. The normalized spacial score (nSPS) is 11.1. The quantitative estimate of drug-likeness (QED) is 0.819. The van der Waals surface area contributed by atoms with Crippen molar-refractivity contribution in [2.24, 2.45) is 0 Å². The first-order chi connectivity index (χ1) is 8.47. The van der Waals surface area contributed by atoms with Crippen molar-refractivity contribution in [1.82, 2.24) is 5.32 Å². The summed E-state index contributed by atoms with van der Waals surface area (Å²) in [7, 11) is 1.42. The molecule has 0 fully saturated rings. The SMILES string of the molecule is COc1cccc(C(=O)NC(C)(CCl)CCl)c1O. The van der Waals surface area contributed by atoms with Crippen LogP contribution in [-0.2, 0) is 0 Å². The van der Waals surface area contributed by atoms with Crippen LogP contribution in [0.5, 0.6) is 11.5 Å². The summed E-state index contributed by atoms with van der Waals surface area (Å²) < 4.78 is 4.94. The number of hydrogen-bond donors (Lipinski definition) is 2. The van der Waals surface area contributed by atoms with Gasteiger partial charge in [-0.15, -0.1) is 23.2 Å². The van der Waals surface area contributed by atoms with E-state index in [1.807, 2.05) is 0 Å². The van der Waals surface area contributed by atoms with Gasteiger partial charge in [0.1, 0.15) is 0 Å². The van der Waals surface area contributed by atoms with E-state index in [1.165, 1.54) is 13.2 Å². The molecule has 0 saturated heterocycles. The Morgan fingerprint density at radius 2 is 2.06 bits per heavy atom. The number of phenolic OH excluding ortho intramolecular Hbond substituents is 1. The van der Waals surface area contributed by atoms with Gasteiger partial charge in [0, 0.05) is 11.8 Å². The third-order valence-electron chi connectivity index (χ3n) is 2.47. The molecule has 1 aromatic rings. The number of aromatic hydroxyl groups is 1. The van der Waals surface area contributed by atoms with E-state index in [9.17, 15) is 9.90 Å². The van der Waals surface area contributed by atoms with Crippen molar-refractivity contribution >= 4 is 29.1 Å². The molecule has 1 rings (SSSR count). The van der Waals surface area contributed by atoms with Crippen LogP contribution in [0.1, 0.15) is 17.3 Å². The Bertz CT molecular complexity index is 433. The van der Waals surface area contributed by atoms with Crippen LogP contribution in [0, 0.1) is 0 Å². The van der Waals surface area contributed by atoms with Gasteiger partial charge in [-0.2, -0.15) is 0 Å². The van der Waals surface area contributed by atoms with Crippen molar-refractivity contribution in [2.45, 2.75) is 12.5 Å². The topological polar surface area (TPSA) is 58.6 Å². The Morgan fingerprint density at radius 3 is 2.56 bits per heavy atom. The monoisotopic (exact) mass is 291 g/mol. The number of carbonyl (C=O) groups is 1. The molecule has 2 N–H and O–H groups in total. The highest BCUT2D eigenvalue weighted by Crippen LogP contribution is 2.29. The number of para-hydroxylation sites is 1. The molecule has 0 aliphatic heterocycles. The van der Waals surface area contributed by atoms with E-state index in [4.69, 9.17) is 27.9 Å². The number of ether oxygens (including phenoxy) is 1. The zero-order valence-electron chi connectivity index (χ0n) is 10.2. The third kappa shape index (κ3) is 3.21. The van der Waals surface area contributed by atoms with Gasteiger partial charge >= 0.3 is 0 Å². The Hall–Kier alpha value is -1.13. The van der Waals surface area contributed by atoms with Crippen LogP contribution in [0.2, 0.25) is 0 Å². The fourth-order valence-corrected chi connectivity index (χ4v) is 1.73. The zero-order chi connectivity index (χ0) is 13.8. The lowest BCUT2D eigenvalue weighted by Crippen LogP contribution is -2.49. The maximum Gasteiger partial charge on any atom is 0.255 e. The zero-order valence-corrected chi connectivity index (χ0v) is 11.7. The predicted molar refractivity (Wildman–Crippen MR) is 72.0 cm³/mol. The van der Waals surface area contributed by atoms with Crippen LogP contribution in [0.25, 0.3) is 0 Å². The van der Waals surface area contributed by atoms with Crippen molar-refractivity contribution in [1.29, 1.82) is 0 Å². The second-order valence-electron chi connectivity index (χ2n) is 4.14. The molecule has 0 heterocycles. The van der Waals surface area contributed by atoms with Gasteiger partial charge in [-0.05, 0) is 19.1 Å². The lowest BCUT2D eigenvalue weighted by Gasteiger charge is -2.26. The number of rotatable bonds is 5. The Balaban J connectivity index is 2.98. The van der Waals surface area contributed by atoms with E-state index in [-0.39, 0.29) is 28.8 Å². The van der Waals surface area contributed by atoms with Crippen molar-refractivity contribution in [3.05, 3.63) is 23.8 Å². The number of nitrogens with one attached hydrogen (secondary N) is 1. The summed E-state index contributed by atoms with van der Waals surface area (Å²) in [6.45, 7) is 1.72. The maximum absolute atomic E-state index is 12.0. The first-order valence-corrected chi connectivity index (χ1v) is 6.34. The molecule has 100 valence electrons. The first-order valence-electron chi connectivity index (χ1n) is 5.28. The molecule has 0 spiro atoms. The number of phenols is 1. The average Bonchev–Trinajstić information content (AvgIpc) is 2.38. The van der Waals surface area contributed by atoms with Crippen molar-refractivity contribution < 1.29 is 14.6 Å². The van der Waals surface area contributed by atoms with Crippen LogP contribution in [0.3, 0.4) is 0 Å². The molecule has 0 unspecified atom stereocenters. The Morgan fingerprint density at radius 1 is 1.44 bits per heavy atom. The summed E-state index contributed by atoms with van der Waals surface area (Å²) in [5, 5.41) is 12.5. The van der Waals surface area contributed by atoms with Crippen LogP contribution >= 0.6 is 23.2 Å². The number of benzene rings is 1. The molecule has 1 amide bonds. The fraction of sp³-hybridized carbons (Fsp3) is 0.417. The van der Waals surface area contributed by atoms with E-state index in [0.29, 0.717) is 0 Å². The summed E-state index contributed by atoms with van der Waals surface area (Å²) in [5.41, 5.74) is -0.605. The van der Waals surface area contributed by atoms with E-state index in [2.05, 4.69) is 5.32 Å². The summed E-state index contributed by atoms with van der Waals surface area (Å²) in [6.07, 6.45) is 0. The number of carbonyl (C=O) groups excluding carboxylic acids is 1. The fourth-order valence-electron chi connectivity index (χ4n) is 1.31. The van der Waals surface area contributed by atoms with Crippen LogP contribution in [0.4, 0.5) is 0 Å². The largest absolute Gasteiger partial charge is 0.504 e. The lowest BCUT2D eigenvalue weighted by molar-refractivity contribution is 0.0918. The van der Waals surface area contributed by atoms with Gasteiger partial charge in [-0.1, -0.05) is 6.07 Å². The molecule has 0 atom stereocenters. The smallest absolute Gasteiger partial charge is 0.255 e. The number of alkyl halides is 2. The summed E-state index contributed by atoms with van der Waals surface area (Å²) in [6, 6.07) is 4.68. The number of halogens is 2. The van der Waals surface area contributed by atoms with E-state index >= 15 is 0 Å². The minimum atomic E-state index is -0.726. The summed E-state index contributed by atoms with van der Waals surface area (Å²) in [5.74, 6) is -0.0692. The molecule has 18 heavy (non-hydrogen) atoms. The minimum Gasteiger partial charge on any atom is -0.504 e. The number of amides is 1. The highest BCUT2D eigenvalue weighted by atomic mass is 35.5. The van der Waals surface area contributed by atoms with Crippen LogP contribution in [0.15, 0.2) is 18.2 Å². The summed E-state index contributed by atoms with van der Waals surface area (Å²) >= 11 is 11.5. The van der Waals surface area contributed by atoms with Gasteiger partial charge in [0.25, 0.3) is 5.91 Å². The van der Waals surface area contributed by atoms with Crippen molar-refractivity contribution in [2.75, 3.05) is 18.9 Å². The molecular formula is C12H15Cl2NO3. The standard InChI is InChI=1S/C12H15Cl2NO3/c1-12(6-13,7-14)15-11(17)8-4-3-5-9(18-2)10(8)16/h3-5,16H,6-7H2,1-2H3,(H,15,17). The third-order valence-corrected chi connectivity index (χ3v) is 3.65. The lowest BCUT2D eigenvalue weighted by atomic mass is 10.1. The van der Waals surface area contributed by atoms with E-state index in [0.717, 1.165) is 0 Å². The van der Waals surface area contributed by atoms with Gasteiger partial charge in [0.05, 0.1) is 18.2 Å². The molecule has 0 aliphatic rings. The highest BCUT2D eigenvalue weighted by Gasteiger charge is 2.26. The second kappa shape index (κ2) is 6.16. The van der Waals surface area contributed by atoms with Crippen molar-refractivity contribution in [3.8, 4) is 11.5 Å². The molecule has 0 aromatic heterocycles. The molecule has 0 radical (unpaired) electrons. The minimum absolute atomic E-state index is 0.121. The number of hydrogen-bond acceptors (Lipinski definition) is 3. The second-order valence-corrected chi connectivity index (χ2v) is 4.67. The van der Waals surface area contributed by atoms with E-state index < -0.39 is 11.4 Å². The van der Waals surface area contributed by atoms with Crippen LogP contribution in [-0.4, -0.2) is 35.4 Å². The van der Waals surface area contributed by atoms with Gasteiger partial charge in [0.2, 0.25) is 0 Å². The van der Waals surface area contributed by atoms with Gasteiger partial charge in [0.15, 0.2) is 11.5 Å².